The molecule has 2 aromatic rings. The minimum atomic E-state index is -0.448. The topological polar surface area (TPSA) is 57.0 Å². The molecule has 5 nitrogen and oxygen atoms in total. The number of nitrogens with zero attached hydrogens (tertiary/aromatic N) is 3. The van der Waals surface area contributed by atoms with E-state index in [2.05, 4.69) is 14.8 Å². The number of rotatable bonds is 5. The highest BCUT2D eigenvalue weighted by atomic mass is 35.5. The second-order valence-electron chi connectivity index (χ2n) is 3.93. The number of aryl methyl sites for hydroxylation is 1. The van der Waals surface area contributed by atoms with Crippen LogP contribution in [0.3, 0.4) is 0 Å². The van der Waals surface area contributed by atoms with Gasteiger partial charge in [-0.2, -0.15) is 5.10 Å². The fourth-order valence-electron chi connectivity index (χ4n) is 1.65. The Morgan fingerprint density at radius 3 is 3.05 bits per heavy atom. The molecule has 0 unspecified atom stereocenters. The molecular weight excluding hydrogens is 266 g/mol. The Kier molecular flexibility index (Phi) is 4.52. The number of esters is 1. The summed E-state index contributed by atoms with van der Waals surface area (Å²) in [6.07, 6.45) is 4.46. The number of halogens is 1. The number of carbonyl (C=O) groups excluding carboxylic acids is 1. The van der Waals surface area contributed by atoms with E-state index in [1.807, 2.05) is 16.9 Å². The SMILES string of the molecule is COC(=O)c1cccc(-c2cnn(CCCCl)c2)n1. The standard InChI is InChI=1S/C13H14ClN3O2/c1-19-13(18)12-5-2-4-11(16-12)10-8-15-17(9-10)7-3-6-14/h2,4-5,8-9H,3,6-7H2,1H3. The van der Waals surface area contributed by atoms with Gasteiger partial charge in [-0.3, -0.25) is 4.68 Å². The molecule has 0 amide bonds. The normalized spacial score (nSPS) is 10.4. The van der Waals surface area contributed by atoms with Gasteiger partial charge in [0.15, 0.2) is 0 Å². The van der Waals surface area contributed by atoms with E-state index in [1.54, 1.807) is 18.3 Å². The Morgan fingerprint density at radius 2 is 2.32 bits per heavy atom. The van der Waals surface area contributed by atoms with Crippen molar-refractivity contribution in [2.24, 2.45) is 0 Å². The second-order valence-corrected chi connectivity index (χ2v) is 4.31. The van der Waals surface area contributed by atoms with Crippen molar-refractivity contribution < 1.29 is 9.53 Å². The maximum absolute atomic E-state index is 11.4. The lowest BCUT2D eigenvalue weighted by Gasteiger charge is -2.01. The number of methoxy groups -OCH3 is 1. The monoisotopic (exact) mass is 279 g/mol. The van der Waals surface area contributed by atoms with Gasteiger partial charge in [0.2, 0.25) is 0 Å². The highest BCUT2D eigenvalue weighted by Crippen LogP contribution is 2.16. The lowest BCUT2D eigenvalue weighted by atomic mass is 10.2. The molecule has 0 saturated carbocycles. The molecule has 100 valence electrons. The first kappa shape index (κ1) is 13.5. The molecule has 0 N–H and O–H groups in total. The third-order valence-electron chi connectivity index (χ3n) is 2.59. The van der Waals surface area contributed by atoms with Gasteiger partial charge in [0.25, 0.3) is 0 Å². The van der Waals surface area contributed by atoms with Gasteiger partial charge in [0.1, 0.15) is 5.69 Å². The average Bonchev–Trinajstić information content (AvgIpc) is 2.93. The van der Waals surface area contributed by atoms with E-state index in [9.17, 15) is 4.79 Å². The molecule has 2 heterocycles. The Bertz CT molecular complexity index is 569. The maximum atomic E-state index is 11.4. The molecule has 2 rings (SSSR count). The maximum Gasteiger partial charge on any atom is 0.356 e. The van der Waals surface area contributed by atoms with Crippen LogP contribution >= 0.6 is 11.6 Å². The third-order valence-corrected chi connectivity index (χ3v) is 2.86. The fourth-order valence-corrected chi connectivity index (χ4v) is 1.77. The van der Waals surface area contributed by atoms with E-state index in [0.29, 0.717) is 11.6 Å². The summed E-state index contributed by atoms with van der Waals surface area (Å²) in [5, 5.41) is 4.23. The predicted octanol–water partition coefficient (Wildman–Crippen LogP) is 2.36. The zero-order valence-corrected chi connectivity index (χ0v) is 11.3. The van der Waals surface area contributed by atoms with Crippen molar-refractivity contribution in [2.75, 3.05) is 13.0 Å². The van der Waals surface area contributed by atoms with Crippen LogP contribution in [0.25, 0.3) is 11.3 Å². The lowest BCUT2D eigenvalue weighted by Crippen LogP contribution is -2.04. The molecule has 0 fully saturated rings. The molecule has 19 heavy (non-hydrogen) atoms. The van der Waals surface area contributed by atoms with Gasteiger partial charge in [-0.15, -0.1) is 11.6 Å². The Morgan fingerprint density at radius 1 is 1.47 bits per heavy atom. The molecule has 0 radical (unpaired) electrons. The number of pyridine rings is 1. The van der Waals surface area contributed by atoms with Crippen LogP contribution in [0.5, 0.6) is 0 Å². The summed E-state index contributed by atoms with van der Waals surface area (Å²) in [5.74, 6) is 0.155. The van der Waals surface area contributed by atoms with Gasteiger partial charge < -0.3 is 4.74 Å². The predicted molar refractivity (Wildman–Crippen MR) is 72.1 cm³/mol. The van der Waals surface area contributed by atoms with Crippen LogP contribution in [0, 0.1) is 0 Å². The molecular formula is C13H14ClN3O2. The van der Waals surface area contributed by atoms with Crippen LogP contribution in [0.4, 0.5) is 0 Å². The van der Waals surface area contributed by atoms with Crippen molar-refractivity contribution in [3.05, 3.63) is 36.3 Å². The largest absolute Gasteiger partial charge is 0.464 e. The van der Waals surface area contributed by atoms with Crippen molar-refractivity contribution in [1.29, 1.82) is 0 Å². The van der Waals surface area contributed by atoms with E-state index in [1.165, 1.54) is 7.11 Å². The molecule has 0 bridgehead atoms. The van der Waals surface area contributed by atoms with Crippen molar-refractivity contribution in [2.45, 2.75) is 13.0 Å². The Balaban J connectivity index is 2.21. The summed E-state index contributed by atoms with van der Waals surface area (Å²) in [6.45, 7) is 0.764. The van der Waals surface area contributed by atoms with Crippen molar-refractivity contribution >= 4 is 17.6 Å². The first-order valence-electron chi connectivity index (χ1n) is 5.88. The van der Waals surface area contributed by atoms with Gasteiger partial charge in [-0.25, -0.2) is 9.78 Å². The number of ether oxygens (including phenoxy) is 1. The van der Waals surface area contributed by atoms with Crippen LogP contribution in [0.2, 0.25) is 0 Å². The van der Waals surface area contributed by atoms with Gasteiger partial charge in [-0.1, -0.05) is 6.07 Å². The Hall–Kier alpha value is -1.88. The summed E-state index contributed by atoms with van der Waals surface area (Å²) in [7, 11) is 1.33. The highest BCUT2D eigenvalue weighted by Gasteiger charge is 2.09. The van der Waals surface area contributed by atoms with E-state index < -0.39 is 5.97 Å². The molecule has 0 aromatic carbocycles. The summed E-state index contributed by atoms with van der Waals surface area (Å²) in [5.41, 5.74) is 1.84. The number of carbonyl (C=O) groups is 1. The number of aromatic nitrogens is 3. The smallest absolute Gasteiger partial charge is 0.356 e. The number of hydrogen-bond acceptors (Lipinski definition) is 4. The van der Waals surface area contributed by atoms with E-state index >= 15 is 0 Å². The highest BCUT2D eigenvalue weighted by molar-refractivity contribution is 6.17. The lowest BCUT2D eigenvalue weighted by molar-refractivity contribution is 0.0594. The molecule has 6 heteroatoms. The first-order chi connectivity index (χ1) is 9.24. The van der Waals surface area contributed by atoms with Crippen molar-refractivity contribution in [1.82, 2.24) is 14.8 Å². The molecule has 0 spiro atoms. The average molecular weight is 280 g/mol. The van der Waals surface area contributed by atoms with Crippen molar-refractivity contribution in [3.63, 3.8) is 0 Å². The molecule has 0 saturated heterocycles. The van der Waals surface area contributed by atoms with Crippen LogP contribution in [0.1, 0.15) is 16.9 Å². The summed E-state index contributed by atoms with van der Waals surface area (Å²) in [4.78, 5) is 15.7. The number of hydrogen-bond donors (Lipinski definition) is 0. The fraction of sp³-hybridized carbons (Fsp3) is 0.308. The molecule has 0 aliphatic rings. The van der Waals surface area contributed by atoms with E-state index in [0.717, 1.165) is 18.5 Å². The Labute approximate surface area is 116 Å². The summed E-state index contributed by atoms with van der Waals surface area (Å²) in [6, 6.07) is 5.22. The minimum Gasteiger partial charge on any atom is -0.464 e. The summed E-state index contributed by atoms with van der Waals surface area (Å²) < 4.78 is 6.46. The van der Waals surface area contributed by atoms with Gasteiger partial charge in [0.05, 0.1) is 19.0 Å². The molecule has 2 aromatic heterocycles. The van der Waals surface area contributed by atoms with Crippen LogP contribution in [0.15, 0.2) is 30.6 Å². The first-order valence-corrected chi connectivity index (χ1v) is 6.42. The summed E-state index contributed by atoms with van der Waals surface area (Å²) >= 11 is 5.64. The number of alkyl halides is 1. The van der Waals surface area contributed by atoms with Gasteiger partial charge in [0, 0.05) is 24.2 Å². The van der Waals surface area contributed by atoms with Crippen LogP contribution < -0.4 is 0 Å². The minimum absolute atomic E-state index is 0.286. The zero-order valence-electron chi connectivity index (χ0n) is 10.5. The molecule has 0 aliphatic heterocycles. The van der Waals surface area contributed by atoms with E-state index in [4.69, 9.17) is 11.6 Å². The molecule has 0 atom stereocenters. The van der Waals surface area contributed by atoms with E-state index in [-0.39, 0.29) is 5.69 Å². The van der Waals surface area contributed by atoms with Gasteiger partial charge in [-0.05, 0) is 18.6 Å². The zero-order chi connectivity index (χ0) is 13.7. The second kappa shape index (κ2) is 6.33. The quantitative estimate of drug-likeness (QED) is 0.623. The van der Waals surface area contributed by atoms with Gasteiger partial charge >= 0.3 is 5.97 Å². The van der Waals surface area contributed by atoms with Crippen LogP contribution in [-0.2, 0) is 11.3 Å². The third kappa shape index (κ3) is 3.32. The molecule has 0 aliphatic carbocycles. The van der Waals surface area contributed by atoms with Crippen LogP contribution in [-0.4, -0.2) is 33.7 Å². The van der Waals surface area contributed by atoms with Crippen molar-refractivity contribution in [3.8, 4) is 11.3 Å².